The molecule has 1 atom stereocenters. The molecule has 1 fully saturated rings. The van der Waals surface area contributed by atoms with Crippen LogP contribution >= 0.6 is 11.6 Å². The molecule has 0 radical (unpaired) electrons. The zero-order valence-electron chi connectivity index (χ0n) is 12.5. The Bertz CT molecular complexity index is 746. The van der Waals surface area contributed by atoms with Crippen molar-refractivity contribution in [2.24, 2.45) is 0 Å². The molecule has 6 heteroatoms. The van der Waals surface area contributed by atoms with E-state index in [1.54, 1.807) is 37.4 Å². The topological polar surface area (TPSA) is 58.6 Å². The van der Waals surface area contributed by atoms with Crippen LogP contribution in [0.15, 0.2) is 48.5 Å². The van der Waals surface area contributed by atoms with Crippen LogP contribution in [0, 0.1) is 0 Å². The molecule has 0 bridgehead atoms. The van der Waals surface area contributed by atoms with Gasteiger partial charge in [-0.15, -0.1) is 0 Å². The van der Waals surface area contributed by atoms with Crippen LogP contribution in [0.2, 0.25) is 5.02 Å². The van der Waals surface area contributed by atoms with Crippen molar-refractivity contribution < 1.29 is 14.3 Å². The molecule has 0 spiro atoms. The van der Waals surface area contributed by atoms with Gasteiger partial charge in [0, 0.05) is 16.8 Å². The Labute approximate surface area is 138 Å². The number of carbonyl (C=O) groups excluding carboxylic acids is 2. The molecule has 2 aromatic carbocycles. The van der Waals surface area contributed by atoms with Gasteiger partial charge in [0.1, 0.15) is 11.8 Å². The first-order valence-electron chi connectivity index (χ1n) is 7.11. The van der Waals surface area contributed by atoms with E-state index < -0.39 is 6.04 Å². The molecule has 0 unspecified atom stereocenters. The van der Waals surface area contributed by atoms with Gasteiger partial charge in [0.25, 0.3) is 5.91 Å². The minimum atomic E-state index is -0.592. The number of benzene rings is 2. The monoisotopic (exact) mass is 330 g/mol. The summed E-state index contributed by atoms with van der Waals surface area (Å²) in [4.78, 5) is 25.9. The number of nitrogens with zero attached hydrogens (tertiary/aromatic N) is 1. The minimum absolute atomic E-state index is 0.110. The van der Waals surface area contributed by atoms with Crippen molar-refractivity contribution in [3.63, 3.8) is 0 Å². The van der Waals surface area contributed by atoms with Gasteiger partial charge >= 0.3 is 0 Å². The third kappa shape index (κ3) is 3.14. The van der Waals surface area contributed by atoms with Crippen molar-refractivity contribution in [2.45, 2.75) is 12.5 Å². The molecule has 1 heterocycles. The molecule has 0 aliphatic carbocycles. The van der Waals surface area contributed by atoms with Gasteiger partial charge in [0.15, 0.2) is 0 Å². The summed E-state index contributed by atoms with van der Waals surface area (Å²) in [7, 11) is 1.58. The lowest BCUT2D eigenvalue weighted by atomic mass is 10.2. The van der Waals surface area contributed by atoms with Crippen molar-refractivity contribution in [3.8, 4) is 5.75 Å². The van der Waals surface area contributed by atoms with E-state index in [1.165, 1.54) is 4.90 Å². The lowest BCUT2D eigenvalue weighted by Gasteiger charge is -2.16. The maximum atomic E-state index is 12.5. The summed E-state index contributed by atoms with van der Waals surface area (Å²) in [5.74, 6) is 0.166. The van der Waals surface area contributed by atoms with Gasteiger partial charge in [-0.3, -0.25) is 9.59 Å². The minimum Gasteiger partial charge on any atom is -0.497 e. The van der Waals surface area contributed by atoms with E-state index in [2.05, 4.69) is 5.32 Å². The molecular weight excluding hydrogens is 316 g/mol. The van der Waals surface area contributed by atoms with Gasteiger partial charge in [-0.05, 0) is 36.4 Å². The zero-order chi connectivity index (χ0) is 16.4. The molecule has 0 saturated carbocycles. The summed E-state index contributed by atoms with van der Waals surface area (Å²) in [6, 6.07) is 13.3. The lowest BCUT2D eigenvalue weighted by Crippen LogP contribution is -2.34. The van der Waals surface area contributed by atoms with E-state index in [-0.39, 0.29) is 18.2 Å². The maximum Gasteiger partial charge on any atom is 0.256 e. The summed E-state index contributed by atoms with van der Waals surface area (Å²) < 4.78 is 5.15. The summed E-state index contributed by atoms with van der Waals surface area (Å²) in [6.07, 6.45) is 0.110. The number of hydrogen-bond donors (Lipinski definition) is 1. The number of imide groups is 1. The third-order valence-electron chi connectivity index (χ3n) is 3.64. The summed E-state index contributed by atoms with van der Waals surface area (Å²) in [6.45, 7) is 0. The van der Waals surface area contributed by atoms with Gasteiger partial charge in [0.2, 0.25) is 5.91 Å². The molecule has 5 nitrogen and oxygen atoms in total. The lowest BCUT2D eigenvalue weighted by molar-refractivity contribution is -0.121. The Kier molecular flexibility index (Phi) is 4.21. The number of methoxy groups -OCH3 is 1. The second-order valence-electron chi connectivity index (χ2n) is 5.18. The Morgan fingerprint density at radius 2 is 1.91 bits per heavy atom. The fourth-order valence-electron chi connectivity index (χ4n) is 2.52. The second-order valence-corrected chi connectivity index (χ2v) is 5.61. The maximum absolute atomic E-state index is 12.5. The quantitative estimate of drug-likeness (QED) is 0.875. The number of nitrogens with one attached hydrogen (secondary N) is 1. The van der Waals surface area contributed by atoms with Gasteiger partial charge < -0.3 is 10.1 Å². The fourth-order valence-corrected chi connectivity index (χ4v) is 2.65. The Balaban J connectivity index is 1.79. The summed E-state index contributed by atoms with van der Waals surface area (Å²) in [5, 5.41) is 3.64. The van der Waals surface area contributed by atoms with Crippen LogP contribution in [0.4, 0.5) is 11.4 Å². The van der Waals surface area contributed by atoms with Crippen LogP contribution in [0.1, 0.15) is 6.42 Å². The number of ether oxygens (including phenoxy) is 1. The van der Waals surface area contributed by atoms with Crippen LogP contribution in [0.25, 0.3) is 0 Å². The van der Waals surface area contributed by atoms with Crippen LogP contribution in [0.3, 0.4) is 0 Å². The van der Waals surface area contributed by atoms with Crippen LogP contribution in [-0.4, -0.2) is 25.0 Å². The molecule has 23 heavy (non-hydrogen) atoms. The van der Waals surface area contributed by atoms with Crippen molar-refractivity contribution in [3.05, 3.63) is 53.6 Å². The molecule has 1 aliphatic heterocycles. The molecule has 2 aromatic rings. The number of amides is 2. The first-order chi connectivity index (χ1) is 11.1. The molecule has 1 saturated heterocycles. The van der Waals surface area contributed by atoms with Crippen LogP contribution < -0.4 is 15.0 Å². The van der Waals surface area contributed by atoms with E-state index in [9.17, 15) is 9.59 Å². The molecule has 2 amide bonds. The highest BCUT2D eigenvalue weighted by atomic mass is 35.5. The molecule has 118 valence electrons. The van der Waals surface area contributed by atoms with Gasteiger partial charge in [-0.2, -0.15) is 0 Å². The van der Waals surface area contributed by atoms with Crippen molar-refractivity contribution in [2.75, 3.05) is 17.3 Å². The van der Waals surface area contributed by atoms with E-state index in [1.807, 2.05) is 18.2 Å². The fraction of sp³-hybridized carbons (Fsp3) is 0.176. The number of halogens is 1. The first-order valence-corrected chi connectivity index (χ1v) is 7.49. The summed E-state index contributed by atoms with van der Waals surface area (Å²) >= 11 is 5.84. The van der Waals surface area contributed by atoms with Gasteiger partial charge in [0.05, 0.1) is 19.2 Å². The van der Waals surface area contributed by atoms with Gasteiger partial charge in [-0.1, -0.05) is 17.7 Å². The largest absolute Gasteiger partial charge is 0.497 e. The predicted molar refractivity (Wildman–Crippen MR) is 89.0 cm³/mol. The molecular formula is C17H15ClN2O3. The molecule has 1 aliphatic rings. The predicted octanol–water partition coefficient (Wildman–Crippen LogP) is 3.09. The molecule has 3 rings (SSSR count). The third-order valence-corrected chi connectivity index (χ3v) is 3.89. The number of carbonyl (C=O) groups is 2. The number of anilines is 2. The molecule has 1 N–H and O–H groups in total. The van der Waals surface area contributed by atoms with E-state index in [0.717, 1.165) is 5.69 Å². The van der Waals surface area contributed by atoms with Crippen LogP contribution in [-0.2, 0) is 9.59 Å². The second kappa shape index (κ2) is 6.30. The van der Waals surface area contributed by atoms with Gasteiger partial charge in [-0.25, -0.2) is 4.90 Å². The smallest absolute Gasteiger partial charge is 0.256 e. The Morgan fingerprint density at radius 3 is 2.61 bits per heavy atom. The van der Waals surface area contributed by atoms with E-state index in [0.29, 0.717) is 16.5 Å². The van der Waals surface area contributed by atoms with Crippen molar-refractivity contribution in [1.82, 2.24) is 0 Å². The Morgan fingerprint density at radius 1 is 1.17 bits per heavy atom. The highest BCUT2D eigenvalue weighted by molar-refractivity contribution is 6.30. The zero-order valence-corrected chi connectivity index (χ0v) is 13.2. The number of rotatable bonds is 4. The normalized spacial score (nSPS) is 17.5. The summed E-state index contributed by atoms with van der Waals surface area (Å²) in [5.41, 5.74) is 1.26. The van der Waals surface area contributed by atoms with E-state index >= 15 is 0 Å². The van der Waals surface area contributed by atoms with Crippen molar-refractivity contribution in [1.29, 1.82) is 0 Å². The highest BCUT2D eigenvalue weighted by Crippen LogP contribution is 2.27. The first kappa shape index (κ1) is 15.4. The Hall–Kier alpha value is -2.53. The standard InChI is InChI=1S/C17H15ClN2O3/c1-23-14-4-2-3-12(9-14)19-15-10-16(21)20(17(15)22)13-7-5-11(18)6-8-13/h2-9,15,19H,10H2,1H3/t15-/m0/s1. The SMILES string of the molecule is COc1cccc(N[C@H]2CC(=O)N(c3ccc(Cl)cc3)C2=O)c1. The van der Waals surface area contributed by atoms with Crippen LogP contribution in [0.5, 0.6) is 5.75 Å². The average Bonchev–Trinajstić information content (AvgIpc) is 2.83. The molecule has 0 aromatic heterocycles. The average molecular weight is 331 g/mol. The highest BCUT2D eigenvalue weighted by Gasteiger charge is 2.39. The number of hydrogen-bond acceptors (Lipinski definition) is 4. The van der Waals surface area contributed by atoms with Crippen molar-refractivity contribution >= 4 is 34.8 Å². The van der Waals surface area contributed by atoms with E-state index in [4.69, 9.17) is 16.3 Å².